The van der Waals surface area contributed by atoms with Crippen molar-refractivity contribution in [1.29, 1.82) is 0 Å². The van der Waals surface area contributed by atoms with Gasteiger partial charge in [0.2, 0.25) is 0 Å². The lowest BCUT2D eigenvalue weighted by Gasteiger charge is -2.32. The van der Waals surface area contributed by atoms with Gasteiger partial charge in [-0.25, -0.2) is 4.39 Å². The summed E-state index contributed by atoms with van der Waals surface area (Å²) in [4.78, 5) is 1.42. The number of aryl methyl sites for hydroxylation is 1. The van der Waals surface area contributed by atoms with Crippen LogP contribution in [0, 0.1) is 0 Å². The van der Waals surface area contributed by atoms with Gasteiger partial charge >= 0.3 is 7.12 Å². The van der Waals surface area contributed by atoms with Gasteiger partial charge in [0.05, 0.1) is 11.2 Å². The van der Waals surface area contributed by atoms with E-state index in [-0.39, 0.29) is 5.73 Å². The molecule has 3 rings (SSSR count). The second-order valence-corrected chi connectivity index (χ2v) is 8.24. The second-order valence-electron chi connectivity index (χ2n) is 7.27. The van der Waals surface area contributed by atoms with Gasteiger partial charge in [0.25, 0.3) is 0 Å². The Bertz CT molecular complexity index is 575. The van der Waals surface area contributed by atoms with E-state index in [0.717, 1.165) is 18.4 Å². The monoisotopic (exact) mass is 322 g/mol. The number of hydrogen-bond acceptors (Lipinski definition) is 3. The molecule has 1 aromatic rings. The normalized spacial score (nSPS) is 24.2. The molecule has 1 saturated heterocycles. The summed E-state index contributed by atoms with van der Waals surface area (Å²) >= 11 is 1.76. The van der Waals surface area contributed by atoms with Crippen LogP contribution in [0.15, 0.2) is 11.1 Å². The standard InChI is InChI=1S/C17H24BFO2S/c1-16(2)17(3,4)21-18(20-16)15(19)10-12-11-22-14-9-7-5-6-8-13(12)14/h10-11H,5-9H2,1-4H3. The zero-order chi connectivity index (χ0) is 16.0. The predicted molar refractivity (Wildman–Crippen MR) is 90.7 cm³/mol. The van der Waals surface area contributed by atoms with Crippen molar-refractivity contribution in [3.63, 3.8) is 0 Å². The topological polar surface area (TPSA) is 18.5 Å². The van der Waals surface area contributed by atoms with Crippen LogP contribution in [0.3, 0.4) is 0 Å². The van der Waals surface area contributed by atoms with E-state index in [1.54, 1.807) is 17.4 Å². The third-order valence-corrected chi connectivity index (χ3v) is 6.22. The minimum Gasteiger partial charge on any atom is -0.398 e. The molecule has 0 saturated carbocycles. The van der Waals surface area contributed by atoms with E-state index >= 15 is 0 Å². The van der Waals surface area contributed by atoms with Crippen LogP contribution >= 0.6 is 11.3 Å². The van der Waals surface area contributed by atoms with Crippen LogP contribution < -0.4 is 0 Å². The van der Waals surface area contributed by atoms with Crippen molar-refractivity contribution in [2.75, 3.05) is 0 Å². The molecule has 2 aliphatic rings. The van der Waals surface area contributed by atoms with Gasteiger partial charge in [-0.05, 0) is 76.0 Å². The highest BCUT2D eigenvalue weighted by Crippen LogP contribution is 2.39. The molecule has 2 nitrogen and oxygen atoms in total. The second kappa shape index (κ2) is 5.77. The fourth-order valence-corrected chi connectivity index (χ4v) is 4.09. The fraction of sp³-hybridized carbons (Fsp3) is 0.647. The van der Waals surface area contributed by atoms with E-state index in [9.17, 15) is 4.39 Å². The highest BCUT2D eigenvalue weighted by Gasteiger charge is 2.53. The van der Waals surface area contributed by atoms with Crippen molar-refractivity contribution in [2.45, 2.75) is 71.0 Å². The molecule has 2 heterocycles. The highest BCUT2D eigenvalue weighted by molar-refractivity contribution is 7.10. The maximum Gasteiger partial charge on any atom is 0.525 e. The molecule has 0 amide bonds. The average Bonchev–Trinajstić information content (AvgIpc) is 2.78. The van der Waals surface area contributed by atoms with Crippen molar-refractivity contribution in [2.24, 2.45) is 0 Å². The molecule has 1 fully saturated rings. The van der Waals surface area contributed by atoms with E-state index in [1.165, 1.54) is 29.7 Å². The highest BCUT2D eigenvalue weighted by atomic mass is 32.1. The number of hydrogen-bond donors (Lipinski definition) is 0. The number of fused-ring (bicyclic) bond motifs is 1. The molecule has 0 atom stereocenters. The molecule has 1 aromatic heterocycles. The Kier molecular flexibility index (Phi) is 4.25. The van der Waals surface area contributed by atoms with Gasteiger partial charge in [-0.1, -0.05) is 6.42 Å². The Morgan fingerprint density at radius 2 is 1.77 bits per heavy atom. The summed E-state index contributed by atoms with van der Waals surface area (Å²) in [5.74, 6) is 0. The van der Waals surface area contributed by atoms with Crippen LogP contribution in [0.5, 0.6) is 0 Å². The lowest BCUT2D eigenvalue weighted by Crippen LogP contribution is -2.41. The van der Waals surface area contributed by atoms with Crippen molar-refractivity contribution >= 4 is 24.5 Å². The first kappa shape index (κ1) is 16.2. The molecular formula is C17H24BFO2S. The van der Waals surface area contributed by atoms with Gasteiger partial charge in [-0.2, -0.15) is 0 Å². The first-order valence-electron chi connectivity index (χ1n) is 8.12. The Hall–Kier alpha value is -0.645. The van der Waals surface area contributed by atoms with E-state index in [4.69, 9.17) is 9.31 Å². The summed E-state index contributed by atoms with van der Waals surface area (Å²) in [6, 6.07) is 0. The van der Waals surface area contributed by atoms with Gasteiger partial charge in [0.15, 0.2) is 0 Å². The van der Waals surface area contributed by atoms with Crippen LogP contribution in [0.4, 0.5) is 4.39 Å². The zero-order valence-corrected chi connectivity index (χ0v) is 14.7. The van der Waals surface area contributed by atoms with Crippen molar-refractivity contribution in [3.8, 4) is 0 Å². The Labute approximate surface area is 136 Å². The lowest BCUT2D eigenvalue weighted by molar-refractivity contribution is 0.00578. The molecule has 0 radical (unpaired) electrons. The third kappa shape index (κ3) is 2.91. The largest absolute Gasteiger partial charge is 0.525 e. The van der Waals surface area contributed by atoms with E-state index in [0.29, 0.717) is 0 Å². The molecule has 0 unspecified atom stereocenters. The molecule has 1 aliphatic carbocycles. The van der Waals surface area contributed by atoms with Crippen LogP contribution in [0.25, 0.3) is 6.08 Å². The molecule has 1 aliphatic heterocycles. The molecule has 0 bridgehead atoms. The minimum atomic E-state index is -0.897. The molecule has 5 heteroatoms. The van der Waals surface area contributed by atoms with Crippen LogP contribution in [0.1, 0.15) is 63.0 Å². The summed E-state index contributed by atoms with van der Waals surface area (Å²) in [6.45, 7) is 7.77. The maximum absolute atomic E-state index is 14.6. The van der Waals surface area contributed by atoms with Crippen molar-refractivity contribution in [3.05, 3.63) is 27.1 Å². The van der Waals surface area contributed by atoms with Crippen LogP contribution in [-0.2, 0) is 22.2 Å². The third-order valence-electron chi connectivity index (χ3n) is 5.12. The number of rotatable bonds is 2. The maximum atomic E-state index is 14.6. The van der Waals surface area contributed by atoms with E-state index < -0.39 is 18.3 Å². The van der Waals surface area contributed by atoms with Crippen molar-refractivity contribution in [1.82, 2.24) is 0 Å². The Morgan fingerprint density at radius 3 is 2.45 bits per heavy atom. The van der Waals surface area contributed by atoms with Gasteiger partial charge in [-0.15, -0.1) is 11.3 Å². The lowest BCUT2D eigenvalue weighted by atomic mass is 9.86. The summed E-state index contributed by atoms with van der Waals surface area (Å²) in [7, 11) is -0.897. The van der Waals surface area contributed by atoms with Crippen LogP contribution in [0.2, 0.25) is 0 Å². The Morgan fingerprint density at radius 1 is 1.14 bits per heavy atom. The molecule has 0 spiro atoms. The van der Waals surface area contributed by atoms with Gasteiger partial charge in [0, 0.05) is 4.88 Å². The zero-order valence-electron chi connectivity index (χ0n) is 13.9. The molecule has 22 heavy (non-hydrogen) atoms. The first-order valence-corrected chi connectivity index (χ1v) is 9.00. The van der Waals surface area contributed by atoms with Gasteiger partial charge in [0.1, 0.15) is 5.73 Å². The van der Waals surface area contributed by atoms with Crippen LogP contribution in [-0.4, -0.2) is 18.3 Å². The predicted octanol–water partition coefficient (Wildman–Crippen LogP) is 4.96. The molecule has 120 valence electrons. The minimum absolute atomic E-state index is 0.330. The molecule has 0 aromatic carbocycles. The smallest absolute Gasteiger partial charge is 0.398 e. The van der Waals surface area contributed by atoms with Gasteiger partial charge in [-0.3, -0.25) is 0 Å². The van der Waals surface area contributed by atoms with Gasteiger partial charge < -0.3 is 9.31 Å². The summed E-state index contributed by atoms with van der Waals surface area (Å²) < 4.78 is 26.2. The quantitative estimate of drug-likeness (QED) is 0.566. The van der Waals surface area contributed by atoms with Crippen molar-refractivity contribution < 1.29 is 13.7 Å². The average molecular weight is 322 g/mol. The number of halogens is 1. The van der Waals surface area contributed by atoms with E-state index in [1.807, 2.05) is 27.7 Å². The summed E-state index contributed by atoms with van der Waals surface area (Å²) in [5.41, 5.74) is 0.995. The summed E-state index contributed by atoms with van der Waals surface area (Å²) in [6.07, 6.45) is 7.51. The first-order chi connectivity index (χ1) is 10.3. The number of thiophene rings is 1. The summed E-state index contributed by atoms with van der Waals surface area (Å²) in [5, 5.41) is 2.07. The van der Waals surface area contributed by atoms with E-state index in [2.05, 4.69) is 5.38 Å². The SMILES string of the molecule is CC1(C)OB(C(F)=Cc2csc3c2CCCCC3)OC1(C)C. The Balaban J connectivity index is 1.83. The fourth-order valence-electron chi connectivity index (χ4n) is 2.99. The molecular weight excluding hydrogens is 298 g/mol. The molecule has 0 N–H and O–H groups in total.